The van der Waals surface area contributed by atoms with Crippen molar-refractivity contribution in [2.45, 2.75) is 33.4 Å². The number of carbonyl (C=O) groups excluding carboxylic acids is 2. The fourth-order valence-electron chi connectivity index (χ4n) is 2.82. The molecule has 26 heavy (non-hydrogen) atoms. The fraction of sp³-hybridized carbons (Fsp3) is 0.238. The maximum atomic E-state index is 12.7. The third-order valence-corrected chi connectivity index (χ3v) is 4.12. The Bertz CT molecular complexity index is 864. The normalized spacial score (nSPS) is 14.5. The van der Waals surface area contributed by atoms with Crippen molar-refractivity contribution in [3.63, 3.8) is 0 Å². The van der Waals surface area contributed by atoms with Gasteiger partial charge in [0.05, 0.1) is 18.2 Å². The zero-order chi connectivity index (χ0) is 18.8. The van der Waals surface area contributed by atoms with Crippen molar-refractivity contribution in [1.82, 2.24) is 4.90 Å². The summed E-state index contributed by atoms with van der Waals surface area (Å²) in [5, 5.41) is 10.2. The van der Waals surface area contributed by atoms with Crippen LogP contribution in [0.1, 0.15) is 30.5 Å². The minimum absolute atomic E-state index is 0.0261. The lowest BCUT2D eigenvalue weighted by Crippen LogP contribution is -2.31. The van der Waals surface area contributed by atoms with E-state index < -0.39 is 17.6 Å². The molecule has 0 aromatic heterocycles. The molecule has 0 saturated heterocycles. The molecule has 0 fully saturated rings. The second-order valence-electron chi connectivity index (χ2n) is 6.60. The first-order valence-corrected chi connectivity index (χ1v) is 8.49. The monoisotopic (exact) mass is 351 g/mol. The summed E-state index contributed by atoms with van der Waals surface area (Å²) in [4.78, 5) is 26.1. The van der Waals surface area contributed by atoms with E-state index in [1.54, 1.807) is 24.3 Å². The van der Waals surface area contributed by atoms with Crippen molar-refractivity contribution in [1.29, 1.82) is 0 Å². The Balaban J connectivity index is 1.83. The average Bonchev–Trinajstić information content (AvgIpc) is 2.81. The topological polar surface area (TPSA) is 66.8 Å². The Morgan fingerprint density at radius 3 is 2.15 bits per heavy atom. The molecule has 3 rings (SSSR count). The van der Waals surface area contributed by atoms with E-state index in [-0.39, 0.29) is 18.2 Å². The summed E-state index contributed by atoms with van der Waals surface area (Å²) in [5.74, 6) is -1.02. The van der Waals surface area contributed by atoms with Crippen molar-refractivity contribution < 1.29 is 19.4 Å². The number of carbonyl (C=O) groups is 2. The van der Waals surface area contributed by atoms with Crippen LogP contribution < -0.4 is 4.74 Å². The van der Waals surface area contributed by atoms with Crippen LogP contribution in [0.2, 0.25) is 0 Å². The lowest BCUT2D eigenvalue weighted by atomic mass is 10.1. The van der Waals surface area contributed by atoms with Crippen LogP contribution in [0.5, 0.6) is 5.75 Å². The molecule has 2 amide bonds. The third kappa shape index (κ3) is 3.47. The molecule has 0 saturated carbocycles. The van der Waals surface area contributed by atoms with E-state index in [0.717, 1.165) is 16.0 Å². The molecule has 1 N–H and O–H groups in total. The second-order valence-corrected chi connectivity index (χ2v) is 6.60. The largest absolute Gasteiger partial charge is 0.502 e. The van der Waals surface area contributed by atoms with Crippen molar-refractivity contribution in [2.75, 3.05) is 0 Å². The Labute approximate surface area is 152 Å². The number of nitrogens with zero attached hydrogens (tertiary/aromatic N) is 1. The van der Waals surface area contributed by atoms with E-state index in [4.69, 9.17) is 4.74 Å². The number of hydrogen-bond acceptors (Lipinski definition) is 4. The van der Waals surface area contributed by atoms with Gasteiger partial charge in [0, 0.05) is 0 Å². The molecule has 1 aliphatic heterocycles. The summed E-state index contributed by atoms with van der Waals surface area (Å²) >= 11 is 0. The Kier molecular flexibility index (Phi) is 4.80. The standard InChI is InChI=1S/C21H21NO4/c1-13(2)26-17-10-8-16(9-11-17)18-19(23)21(25)22(20(18)24)12-15-6-4-14(3)5-7-15/h4-11,13,23H,12H2,1-3H3. The van der Waals surface area contributed by atoms with E-state index in [0.29, 0.717) is 11.3 Å². The molecule has 0 bridgehead atoms. The first-order valence-electron chi connectivity index (χ1n) is 8.49. The number of imide groups is 1. The SMILES string of the molecule is Cc1ccc(CN2C(=O)C(O)=C(c3ccc(OC(C)C)cc3)C2=O)cc1. The predicted octanol–water partition coefficient (Wildman–Crippen LogP) is 3.62. The number of benzene rings is 2. The summed E-state index contributed by atoms with van der Waals surface area (Å²) in [5.41, 5.74) is 2.44. The zero-order valence-corrected chi connectivity index (χ0v) is 15.0. The number of rotatable bonds is 5. The average molecular weight is 351 g/mol. The summed E-state index contributed by atoms with van der Waals surface area (Å²) in [6.07, 6.45) is 0.0353. The third-order valence-electron chi connectivity index (χ3n) is 4.12. The predicted molar refractivity (Wildman–Crippen MR) is 98.5 cm³/mol. The van der Waals surface area contributed by atoms with Crippen molar-refractivity contribution >= 4 is 17.4 Å². The van der Waals surface area contributed by atoms with Gasteiger partial charge >= 0.3 is 0 Å². The fourth-order valence-corrected chi connectivity index (χ4v) is 2.82. The molecule has 5 nitrogen and oxygen atoms in total. The molecule has 5 heteroatoms. The van der Waals surface area contributed by atoms with Crippen LogP contribution in [-0.2, 0) is 16.1 Å². The molecule has 0 aliphatic carbocycles. The first-order chi connectivity index (χ1) is 12.4. The van der Waals surface area contributed by atoms with Crippen molar-refractivity contribution in [3.05, 3.63) is 71.0 Å². The first kappa shape index (κ1) is 17.7. The molecule has 0 radical (unpaired) electrons. The van der Waals surface area contributed by atoms with Gasteiger partial charge in [0.1, 0.15) is 5.75 Å². The van der Waals surface area contributed by atoms with E-state index in [9.17, 15) is 14.7 Å². The molecule has 0 spiro atoms. The van der Waals surface area contributed by atoms with Gasteiger partial charge in [0.25, 0.3) is 11.8 Å². The minimum Gasteiger partial charge on any atom is -0.502 e. The van der Waals surface area contributed by atoms with Gasteiger partial charge in [0.15, 0.2) is 5.76 Å². The Morgan fingerprint density at radius 2 is 1.58 bits per heavy atom. The van der Waals surface area contributed by atoms with Crippen molar-refractivity contribution in [3.8, 4) is 5.75 Å². The van der Waals surface area contributed by atoms with Gasteiger partial charge in [-0.3, -0.25) is 14.5 Å². The zero-order valence-electron chi connectivity index (χ0n) is 15.0. The molecule has 1 aliphatic rings. The number of aliphatic hydroxyl groups is 1. The molecule has 1 heterocycles. The van der Waals surface area contributed by atoms with Gasteiger partial charge in [-0.1, -0.05) is 42.0 Å². The van der Waals surface area contributed by atoms with E-state index in [2.05, 4.69) is 0 Å². The van der Waals surface area contributed by atoms with Crippen LogP contribution in [0.4, 0.5) is 0 Å². The number of aliphatic hydroxyl groups excluding tert-OH is 1. The maximum Gasteiger partial charge on any atom is 0.296 e. The van der Waals surface area contributed by atoms with Gasteiger partial charge in [-0.2, -0.15) is 0 Å². The maximum absolute atomic E-state index is 12.7. The molecule has 134 valence electrons. The van der Waals surface area contributed by atoms with Crippen LogP contribution >= 0.6 is 0 Å². The highest BCUT2D eigenvalue weighted by molar-refractivity contribution is 6.34. The van der Waals surface area contributed by atoms with Gasteiger partial charge in [-0.05, 0) is 44.0 Å². The highest BCUT2D eigenvalue weighted by Gasteiger charge is 2.39. The summed E-state index contributed by atoms with van der Waals surface area (Å²) < 4.78 is 5.58. The molecule has 2 aromatic carbocycles. The van der Waals surface area contributed by atoms with E-state index in [1.165, 1.54) is 0 Å². The highest BCUT2D eigenvalue weighted by atomic mass is 16.5. The number of aryl methyl sites for hydroxylation is 1. The van der Waals surface area contributed by atoms with Crippen molar-refractivity contribution in [2.24, 2.45) is 0 Å². The van der Waals surface area contributed by atoms with Gasteiger partial charge in [0.2, 0.25) is 0 Å². The lowest BCUT2D eigenvalue weighted by Gasteiger charge is -2.15. The summed E-state index contributed by atoms with van der Waals surface area (Å²) in [7, 11) is 0. The van der Waals surface area contributed by atoms with Gasteiger partial charge in [-0.15, -0.1) is 0 Å². The number of amides is 2. The van der Waals surface area contributed by atoms with E-state index in [1.807, 2.05) is 45.0 Å². The van der Waals surface area contributed by atoms with E-state index >= 15 is 0 Å². The molecular formula is C21H21NO4. The summed E-state index contributed by atoms with van der Waals surface area (Å²) in [6.45, 7) is 5.93. The van der Waals surface area contributed by atoms with Crippen LogP contribution in [0.25, 0.3) is 5.57 Å². The smallest absolute Gasteiger partial charge is 0.296 e. The van der Waals surface area contributed by atoms with Gasteiger partial charge < -0.3 is 9.84 Å². The molecule has 0 atom stereocenters. The minimum atomic E-state index is -0.673. The highest BCUT2D eigenvalue weighted by Crippen LogP contribution is 2.30. The van der Waals surface area contributed by atoms with Crippen LogP contribution in [0.15, 0.2) is 54.3 Å². The Morgan fingerprint density at radius 1 is 0.962 bits per heavy atom. The quantitative estimate of drug-likeness (QED) is 0.836. The second kappa shape index (κ2) is 7.04. The van der Waals surface area contributed by atoms with Crippen LogP contribution in [-0.4, -0.2) is 27.9 Å². The van der Waals surface area contributed by atoms with Crippen LogP contribution in [0.3, 0.4) is 0 Å². The van der Waals surface area contributed by atoms with Gasteiger partial charge in [-0.25, -0.2) is 0 Å². The Hall–Kier alpha value is -3.08. The summed E-state index contributed by atoms with van der Waals surface area (Å²) in [6, 6.07) is 14.3. The molecule has 2 aromatic rings. The molecule has 0 unspecified atom stereocenters. The van der Waals surface area contributed by atoms with Crippen LogP contribution in [0, 0.1) is 6.92 Å². The lowest BCUT2D eigenvalue weighted by molar-refractivity contribution is -0.138. The molecular weight excluding hydrogens is 330 g/mol. The number of ether oxygens (including phenoxy) is 1. The number of hydrogen-bond donors (Lipinski definition) is 1.